The van der Waals surface area contributed by atoms with E-state index in [1.165, 1.54) is 18.6 Å². The molecule has 1 aliphatic carbocycles. The molecule has 0 unspecified atom stereocenters. The number of hydrogen-bond acceptors (Lipinski definition) is 2. The second kappa shape index (κ2) is 6.75. The summed E-state index contributed by atoms with van der Waals surface area (Å²) in [6.45, 7) is 2.54. The van der Waals surface area contributed by atoms with Gasteiger partial charge < -0.3 is 0 Å². The van der Waals surface area contributed by atoms with E-state index in [1.807, 2.05) is 0 Å². The maximum atomic E-state index is 12.5. The summed E-state index contributed by atoms with van der Waals surface area (Å²) in [5.74, 6) is 0. The highest BCUT2D eigenvalue weighted by atomic mass is 79.9. The van der Waals surface area contributed by atoms with Gasteiger partial charge in [0.15, 0.2) is 0 Å². The molecule has 0 bridgehead atoms. The Labute approximate surface area is 144 Å². The van der Waals surface area contributed by atoms with Crippen molar-refractivity contribution in [2.75, 3.05) is 6.54 Å². The molecule has 7 heteroatoms. The van der Waals surface area contributed by atoms with Crippen molar-refractivity contribution in [2.24, 2.45) is 5.41 Å². The average Bonchev–Trinajstić information content (AvgIpc) is 2.36. The van der Waals surface area contributed by atoms with Crippen LogP contribution in [0.2, 0.25) is 10.0 Å². The van der Waals surface area contributed by atoms with Crippen molar-refractivity contribution in [2.45, 2.75) is 43.9 Å². The first-order valence-corrected chi connectivity index (χ1v) is 9.91. The Morgan fingerprint density at radius 2 is 1.71 bits per heavy atom. The molecule has 0 spiro atoms. The SMILES string of the molecule is CC1(CNS(=O)(=O)c2c(Cl)cc(Br)cc2Cl)CCCCC1. The molecule has 118 valence electrons. The smallest absolute Gasteiger partial charge is 0.211 e. The van der Waals surface area contributed by atoms with E-state index in [2.05, 4.69) is 27.6 Å². The van der Waals surface area contributed by atoms with Gasteiger partial charge in [0, 0.05) is 11.0 Å². The van der Waals surface area contributed by atoms with Crippen LogP contribution in [0.4, 0.5) is 0 Å². The van der Waals surface area contributed by atoms with Crippen LogP contribution in [0, 0.1) is 5.41 Å². The van der Waals surface area contributed by atoms with Gasteiger partial charge in [-0.1, -0.05) is 65.3 Å². The first-order valence-electron chi connectivity index (χ1n) is 6.88. The third-order valence-corrected chi connectivity index (χ3v) is 6.76. The Hall–Kier alpha value is 0.190. The predicted octanol–water partition coefficient (Wildman–Crippen LogP) is 5.00. The standard InChI is InChI=1S/C14H18BrCl2NO2S/c1-14(5-3-2-4-6-14)9-18-21(19,20)13-11(16)7-10(15)8-12(13)17/h7-8,18H,2-6,9H2,1H3. The van der Waals surface area contributed by atoms with Crippen molar-refractivity contribution in [3.8, 4) is 0 Å². The van der Waals surface area contributed by atoms with Crippen molar-refractivity contribution in [1.29, 1.82) is 0 Å². The van der Waals surface area contributed by atoms with Crippen LogP contribution < -0.4 is 4.72 Å². The molecule has 0 aromatic heterocycles. The molecule has 0 heterocycles. The summed E-state index contributed by atoms with van der Waals surface area (Å²) in [5, 5.41) is 0.242. The van der Waals surface area contributed by atoms with E-state index in [1.54, 1.807) is 0 Å². The average molecular weight is 415 g/mol. The zero-order valence-electron chi connectivity index (χ0n) is 11.8. The van der Waals surface area contributed by atoms with Crippen molar-refractivity contribution < 1.29 is 8.42 Å². The van der Waals surface area contributed by atoms with Crippen LogP contribution in [-0.2, 0) is 10.0 Å². The number of sulfonamides is 1. The Morgan fingerprint density at radius 3 is 2.24 bits per heavy atom. The molecular formula is C14H18BrCl2NO2S. The van der Waals surface area contributed by atoms with Crippen LogP contribution >= 0.6 is 39.1 Å². The maximum absolute atomic E-state index is 12.5. The summed E-state index contributed by atoms with van der Waals surface area (Å²) in [4.78, 5) is -0.0477. The Balaban J connectivity index is 2.19. The predicted molar refractivity (Wildman–Crippen MR) is 90.5 cm³/mol. The molecule has 0 amide bonds. The molecule has 2 rings (SSSR count). The molecule has 3 nitrogen and oxygen atoms in total. The maximum Gasteiger partial charge on any atom is 0.243 e. The lowest BCUT2D eigenvalue weighted by molar-refractivity contribution is 0.219. The van der Waals surface area contributed by atoms with Gasteiger partial charge in [0.25, 0.3) is 0 Å². The molecule has 0 saturated heterocycles. The molecule has 21 heavy (non-hydrogen) atoms. The molecule has 0 radical (unpaired) electrons. The van der Waals surface area contributed by atoms with Gasteiger partial charge >= 0.3 is 0 Å². The van der Waals surface area contributed by atoms with E-state index in [9.17, 15) is 8.42 Å². The highest BCUT2D eigenvalue weighted by Crippen LogP contribution is 2.36. The molecule has 0 aliphatic heterocycles. The van der Waals surface area contributed by atoms with E-state index >= 15 is 0 Å². The van der Waals surface area contributed by atoms with Crippen LogP contribution in [0.25, 0.3) is 0 Å². The van der Waals surface area contributed by atoms with Crippen LogP contribution in [-0.4, -0.2) is 15.0 Å². The lowest BCUT2D eigenvalue weighted by Crippen LogP contribution is -2.37. The molecule has 1 saturated carbocycles. The molecule has 1 fully saturated rings. The monoisotopic (exact) mass is 413 g/mol. The quantitative estimate of drug-likeness (QED) is 0.752. The summed E-state index contributed by atoms with van der Waals surface area (Å²) in [6.07, 6.45) is 5.61. The largest absolute Gasteiger partial charge is 0.243 e. The van der Waals surface area contributed by atoms with Gasteiger partial charge in [-0.25, -0.2) is 13.1 Å². The van der Waals surface area contributed by atoms with Crippen LogP contribution in [0.15, 0.2) is 21.5 Å². The highest BCUT2D eigenvalue weighted by Gasteiger charge is 2.30. The zero-order chi connectivity index (χ0) is 15.7. The third-order valence-electron chi connectivity index (χ3n) is 3.98. The minimum absolute atomic E-state index is 0.0135. The molecule has 1 aromatic rings. The highest BCUT2D eigenvalue weighted by molar-refractivity contribution is 9.10. The van der Waals surface area contributed by atoms with Crippen molar-refractivity contribution in [3.63, 3.8) is 0 Å². The molecule has 1 aromatic carbocycles. The van der Waals surface area contributed by atoms with E-state index < -0.39 is 10.0 Å². The Morgan fingerprint density at radius 1 is 1.19 bits per heavy atom. The van der Waals surface area contributed by atoms with Crippen molar-refractivity contribution >= 4 is 49.2 Å². The summed E-state index contributed by atoms with van der Waals surface area (Å²) >= 11 is 15.3. The van der Waals surface area contributed by atoms with E-state index in [0.717, 1.165) is 25.7 Å². The fraction of sp³-hybridized carbons (Fsp3) is 0.571. The van der Waals surface area contributed by atoms with E-state index in [4.69, 9.17) is 23.2 Å². The minimum Gasteiger partial charge on any atom is -0.211 e. The van der Waals surface area contributed by atoms with Gasteiger partial charge in [0.05, 0.1) is 10.0 Å². The number of benzene rings is 1. The fourth-order valence-corrected chi connectivity index (χ4v) is 5.84. The van der Waals surface area contributed by atoms with Gasteiger partial charge in [-0.3, -0.25) is 0 Å². The van der Waals surface area contributed by atoms with Crippen molar-refractivity contribution in [3.05, 3.63) is 26.7 Å². The van der Waals surface area contributed by atoms with Crippen LogP contribution in [0.3, 0.4) is 0 Å². The molecule has 1 N–H and O–H groups in total. The Bertz CT molecular complexity index is 605. The Kier molecular flexibility index (Phi) is 5.64. The summed E-state index contributed by atoms with van der Waals surface area (Å²) in [5.41, 5.74) is 0.0135. The van der Waals surface area contributed by atoms with E-state index in [-0.39, 0.29) is 20.4 Å². The second-order valence-electron chi connectivity index (χ2n) is 5.89. The van der Waals surface area contributed by atoms with Gasteiger partial charge in [0.1, 0.15) is 4.90 Å². The zero-order valence-corrected chi connectivity index (χ0v) is 15.7. The first-order chi connectivity index (χ1) is 9.73. The molecule has 1 aliphatic rings. The number of rotatable bonds is 4. The number of hydrogen-bond donors (Lipinski definition) is 1. The molecule has 0 atom stereocenters. The topological polar surface area (TPSA) is 46.2 Å². The number of nitrogens with one attached hydrogen (secondary N) is 1. The fourth-order valence-electron chi connectivity index (χ4n) is 2.71. The normalized spacial score (nSPS) is 18.7. The van der Waals surface area contributed by atoms with Crippen LogP contribution in [0.1, 0.15) is 39.0 Å². The van der Waals surface area contributed by atoms with Gasteiger partial charge in [-0.15, -0.1) is 0 Å². The summed E-state index contributed by atoms with van der Waals surface area (Å²) in [6, 6.07) is 3.06. The first kappa shape index (κ1) is 17.5. The summed E-state index contributed by atoms with van der Waals surface area (Å²) < 4.78 is 28.3. The third kappa shape index (κ3) is 4.35. The second-order valence-corrected chi connectivity index (χ2v) is 9.33. The number of halogens is 3. The lowest BCUT2D eigenvalue weighted by atomic mass is 9.76. The van der Waals surface area contributed by atoms with Gasteiger partial charge in [-0.05, 0) is 30.4 Å². The van der Waals surface area contributed by atoms with Crippen molar-refractivity contribution in [1.82, 2.24) is 4.72 Å². The van der Waals surface area contributed by atoms with Gasteiger partial charge in [0.2, 0.25) is 10.0 Å². The summed E-state index contributed by atoms with van der Waals surface area (Å²) in [7, 11) is -3.71. The minimum atomic E-state index is -3.71. The van der Waals surface area contributed by atoms with E-state index in [0.29, 0.717) is 11.0 Å². The lowest BCUT2D eigenvalue weighted by Gasteiger charge is -2.33. The molecular weight excluding hydrogens is 397 g/mol. The van der Waals surface area contributed by atoms with Gasteiger partial charge in [-0.2, -0.15) is 0 Å². The van der Waals surface area contributed by atoms with Crippen LogP contribution in [0.5, 0.6) is 0 Å².